The third-order valence-electron chi connectivity index (χ3n) is 2.87. The number of hydrogen-bond acceptors (Lipinski definition) is 4. The van der Waals surface area contributed by atoms with Gasteiger partial charge in [-0.25, -0.2) is 0 Å². The maximum Gasteiger partial charge on any atom is 0.313 e. The fourth-order valence-electron chi connectivity index (χ4n) is 1.99. The monoisotopic (exact) mass is 335 g/mol. The van der Waals surface area contributed by atoms with Crippen LogP contribution in [0, 0.1) is 10.1 Å². The van der Waals surface area contributed by atoms with Crippen molar-refractivity contribution in [1.29, 1.82) is 0 Å². The van der Waals surface area contributed by atoms with E-state index >= 15 is 0 Å². The lowest BCUT2D eigenvalue weighted by molar-refractivity contribution is -0.386. The minimum atomic E-state index is -0.577. The molecular formula is C11H11BrClNO4. The van der Waals surface area contributed by atoms with Gasteiger partial charge in [-0.3, -0.25) is 10.1 Å². The van der Waals surface area contributed by atoms with Gasteiger partial charge < -0.3 is 9.84 Å². The average Bonchev–Trinajstić information content (AvgIpc) is 2.67. The molecule has 1 aromatic carbocycles. The average molecular weight is 337 g/mol. The standard InChI is InChI=1S/C11H11BrClNO4/c12-7-4-6(13)5-8(14(16)17)11(7)18-10-3-1-2-9(10)15/h4-5,9-10,15H,1-3H2. The van der Waals surface area contributed by atoms with Crippen LogP contribution >= 0.6 is 27.5 Å². The SMILES string of the molecule is O=[N+]([O-])c1cc(Cl)cc(Br)c1OC1CCCC1O. The van der Waals surface area contributed by atoms with Gasteiger partial charge in [0.2, 0.25) is 5.75 Å². The molecule has 1 saturated carbocycles. The zero-order valence-electron chi connectivity index (χ0n) is 9.31. The maximum absolute atomic E-state index is 11.0. The van der Waals surface area contributed by atoms with Crippen LogP contribution in [0.25, 0.3) is 0 Å². The number of rotatable bonds is 3. The topological polar surface area (TPSA) is 72.6 Å². The van der Waals surface area contributed by atoms with E-state index in [0.717, 1.165) is 6.42 Å². The third kappa shape index (κ3) is 2.76. The number of nitro benzene ring substituents is 1. The highest BCUT2D eigenvalue weighted by Crippen LogP contribution is 2.40. The lowest BCUT2D eigenvalue weighted by Crippen LogP contribution is -2.26. The Bertz CT molecular complexity index is 482. The zero-order chi connectivity index (χ0) is 13.3. The first-order valence-corrected chi connectivity index (χ1v) is 6.64. The van der Waals surface area contributed by atoms with E-state index in [1.807, 2.05) is 0 Å². The van der Waals surface area contributed by atoms with Gasteiger partial charge in [-0.1, -0.05) is 11.6 Å². The van der Waals surface area contributed by atoms with Crippen LogP contribution in [-0.2, 0) is 0 Å². The summed E-state index contributed by atoms with van der Waals surface area (Å²) in [5.41, 5.74) is -0.200. The molecular weight excluding hydrogens is 325 g/mol. The van der Waals surface area contributed by atoms with Crippen LogP contribution in [0.1, 0.15) is 19.3 Å². The largest absolute Gasteiger partial charge is 0.480 e. The van der Waals surface area contributed by atoms with E-state index in [1.165, 1.54) is 12.1 Å². The van der Waals surface area contributed by atoms with Gasteiger partial charge in [0.15, 0.2) is 0 Å². The highest BCUT2D eigenvalue weighted by molar-refractivity contribution is 9.10. The first kappa shape index (κ1) is 13.6. The Hall–Kier alpha value is -0.850. The summed E-state index contributed by atoms with van der Waals surface area (Å²) in [4.78, 5) is 10.4. The van der Waals surface area contributed by atoms with Crippen LogP contribution in [0.4, 0.5) is 5.69 Å². The van der Waals surface area contributed by atoms with Crippen molar-refractivity contribution in [3.8, 4) is 5.75 Å². The fraction of sp³-hybridized carbons (Fsp3) is 0.455. The van der Waals surface area contributed by atoms with Gasteiger partial charge in [-0.05, 0) is 41.3 Å². The second kappa shape index (κ2) is 5.42. The summed E-state index contributed by atoms with van der Waals surface area (Å²) in [5, 5.41) is 20.9. The lowest BCUT2D eigenvalue weighted by atomic mass is 10.2. The predicted octanol–water partition coefficient (Wildman–Crippen LogP) is 3.30. The summed E-state index contributed by atoms with van der Waals surface area (Å²) in [6.45, 7) is 0. The Morgan fingerprint density at radius 2 is 2.22 bits per heavy atom. The quantitative estimate of drug-likeness (QED) is 0.679. The highest BCUT2D eigenvalue weighted by atomic mass is 79.9. The number of aliphatic hydroxyl groups excluding tert-OH is 1. The second-order valence-electron chi connectivity index (χ2n) is 4.15. The van der Waals surface area contributed by atoms with Crippen molar-refractivity contribution >= 4 is 33.2 Å². The summed E-state index contributed by atoms with van der Waals surface area (Å²) in [5.74, 6) is 0.121. The number of benzene rings is 1. The molecule has 98 valence electrons. The summed E-state index contributed by atoms with van der Waals surface area (Å²) < 4.78 is 5.99. The predicted molar refractivity (Wildman–Crippen MR) is 70.1 cm³/mol. The number of hydrogen-bond donors (Lipinski definition) is 1. The minimum absolute atomic E-state index is 0.121. The van der Waals surface area contributed by atoms with Crippen molar-refractivity contribution in [3.63, 3.8) is 0 Å². The van der Waals surface area contributed by atoms with Gasteiger partial charge in [0.1, 0.15) is 6.10 Å². The summed E-state index contributed by atoms with van der Waals surface area (Å²) in [6.07, 6.45) is 1.22. The van der Waals surface area contributed by atoms with E-state index in [0.29, 0.717) is 17.3 Å². The minimum Gasteiger partial charge on any atom is -0.480 e. The number of aliphatic hydroxyl groups is 1. The van der Waals surface area contributed by atoms with Crippen LogP contribution in [0.3, 0.4) is 0 Å². The molecule has 1 N–H and O–H groups in total. The highest BCUT2D eigenvalue weighted by Gasteiger charge is 2.30. The molecule has 1 aliphatic rings. The Labute approximate surface area is 117 Å². The van der Waals surface area contributed by atoms with E-state index < -0.39 is 17.1 Å². The van der Waals surface area contributed by atoms with E-state index in [4.69, 9.17) is 16.3 Å². The van der Waals surface area contributed by atoms with Gasteiger partial charge in [0.25, 0.3) is 0 Å². The van der Waals surface area contributed by atoms with E-state index in [9.17, 15) is 15.2 Å². The summed E-state index contributed by atoms with van der Waals surface area (Å²) in [6, 6.07) is 2.77. The molecule has 0 bridgehead atoms. The fourth-order valence-corrected chi connectivity index (χ4v) is 2.88. The van der Waals surface area contributed by atoms with Crippen LogP contribution in [0.5, 0.6) is 5.75 Å². The molecule has 5 nitrogen and oxygen atoms in total. The molecule has 0 saturated heterocycles. The molecule has 0 aromatic heterocycles. The van der Waals surface area contributed by atoms with Crippen LogP contribution in [-0.4, -0.2) is 22.2 Å². The molecule has 18 heavy (non-hydrogen) atoms. The smallest absolute Gasteiger partial charge is 0.313 e. The van der Waals surface area contributed by atoms with Crippen LogP contribution in [0.2, 0.25) is 5.02 Å². The Kier molecular flexibility index (Phi) is 4.09. The van der Waals surface area contributed by atoms with Gasteiger partial charge in [0, 0.05) is 11.1 Å². The first-order chi connectivity index (χ1) is 8.49. The van der Waals surface area contributed by atoms with Crippen LogP contribution < -0.4 is 4.74 Å². The van der Waals surface area contributed by atoms with Gasteiger partial charge >= 0.3 is 5.69 Å². The van der Waals surface area contributed by atoms with Crippen molar-refractivity contribution in [3.05, 3.63) is 31.7 Å². The number of ether oxygens (including phenoxy) is 1. The normalized spacial score (nSPS) is 23.1. The van der Waals surface area contributed by atoms with Crippen molar-refractivity contribution in [2.45, 2.75) is 31.5 Å². The van der Waals surface area contributed by atoms with Crippen LogP contribution in [0.15, 0.2) is 16.6 Å². The van der Waals surface area contributed by atoms with Gasteiger partial charge in [-0.15, -0.1) is 0 Å². The molecule has 2 atom stereocenters. The zero-order valence-corrected chi connectivity index (χ0v) is 11.6. The molecule has 1 fully saturated rings. The Morgan fingerprint density at radius 1 is 1.50 bits per heavy atom. The third-order valence-corrected chi connectivity index (χ3v) is 3.68. The molecule has 0 heterocycles. The summed E-state index contributed by atoms with van der Waals surface area (Å²) >= 11 is 8.97. The molecule has 1 aliphatic carbocycles. The van der Waals surface area contributed by atoms with Crippen molar-refractivity contribution in [2.24, 2.45) is 0 Å². The summed E-state index contributed by atoms with van der Waals surface area (Å²) in [7, 11) is 0. The Balaban J connectivity index is 2.33. The molecule has 0 aliphatic heterocycles. The van der Waals surface area contributed by atoms with Crippen molar-refractivity contribution < 1.29 is 14.8 Å². The van der Waals surface area contributed by atoms with Gasteiger partial charge in [-0.2, -0.15) is 0 Å². The van der Waals surface area contributed by atoms with Crippen molar-refractivity contribution in [2.75, 3.05) is 0 Å². The number of halogens is 2. The Morgan fingerprint density at radius 3 is 2.78 bits per heavy atom. The van der Waals surface area contributed by atoms with E-state index in [-0.39, 0.29) is 16.5 Å². The second-order valence-corrected chi connectivity index (χ2v) is 5.44. The van der Waals surface area contributed by atoms with E-state index in [1.54, 1.807) is 0 Å². The maximum atomic E-state index is 11.0. The molecule has 7 heteroatoms. The number of nitro groups is 1. The molecule has 0 radical (unpaired) electrons. The lowest BCUT2D eigenvalue weighted by Gasteiger charge is -2.18. The molecule has 2 rings (SSSR count). The first-order valence-electron chi connectivity index (χ1n) is 5.47. The number of nitrogens with zero attached hydrogens (tertiary/aromatic N) is 1. The molecule has 1 aromatic rings. The molecule has 2 unspecified atom stereocenters. The van der Waals surface area contributed by atoms with Crippen molar-refractivity contribution in [1.82, 2.24) is 0 Å². The molecule has 0 amide bonds. The van der Waals surface area contributed by atoms with Gasteiger partial charge in [0.05, 0.1) is 15.5 Å². The molecule has 0 spiro atoms. The van der Waals surface area contributed by atoms with E-state index in [2.05, 4.69) is 15.9 Å².